The summed E-state index contributed by atoms with van der Waals surface area (Å²) in [6.07, 6.45) is -3.53. The minimum atomic E-state index is -4.30. The van der Waals surface area contributed by atoms with Gasteiger partial charge in [0.1, 0.15) is 0 Å². The second-order valence-electron chi connectivity index (χ2n) is 1.88. The van der Waals surface area contributed by atoms with Crippen molar-refractivity contribution < 1.29 is 13.2 Å². The third-order valence-electron chi connectivity index (χ3n) is 1.01. The minimum absolute atomic E-state index is 0.271. The lowest BCUT2D eigenvalue weighted by Crippen LogP contribution is -2.26. The summed E-state index contributed by atoms with van der Waals surface area (Å²) in [5.41, 5.74) is -0.801. The standard InChI is InChI=1S/C5H5F3N2/c1-3-9-2-4(10-3)5(6,7)8/h2,10H,1H3/q+1. The monoisotopic (exact) mass is 150 g/mol. The van der Waals surface area contributed by atoms with Gasteiger partial charge in [0.05, 0.1) is 0 Å². The number of aliphatic imine (C=N–C) groups is 1. The number of hydrogen-bond donors (Lipinski definition) is 1. The van der Waals surface area contributed by atoms with Crippen LogP contribution in [-0.4, -0.2) is 12.0 Å². The summed E-state index contributed by atoms with van der Waals surface area (Å²) >= 11 is 0. The fourth-order valence-corrected chi connectivity index (χ4v) is 0.565. The molecule has 0 aromatic heterocycles. The molecule has 1 heterocycles. The average molecular weight is 150 g/mol. The van der Waals surface area contributed by atoms with Crippen LogP contribution in [-0.2, 0) is 0 Å². The van der Waals surface area contributed by atoms with Crippen LogP contribution in [0, 0.1) is 0 Å². The maximum Gasteiger partial charge on any atom is 0.457 e. The molecule has 0 spiro atoms. The van der Waals surface area contributed by atoms with Gasteiger partial charge in [0.15, 0.2) is 6.20 Å². The molecule has 0 fully saturated rings. The van der Waals surface area contributed by atoms with Gasteiger partial charge < -0.3 is 0 Å². The summed E-state index contributed by atoms with van der Waals surface area (Å²) < 4.78 is 35.2. The maximum atomic E-state index is 11.7. The number of rotatable bonds is 0. The van der Waals surface area contributed by atoms with Gasteiger partial charge in [-0.2, -0.15) is 13.2 Å². The van der Waals surface area contributed by atoms with Crippen molar-refractivity contribution in [3.8, 4) is 0 Å². The van der Waals surface area contributed by atoms with E-state index in [0.29, 0.717) is 0 Å². The molecular weight excluding hydrogens is 145 g/mol. The first kappa shape index (κ1) is 7.11. The molecule has 0 amide bonds. The van der Waals surface area contributed by atoms with Crippen molar-refractivity contribution in [1.82, 2.24) is 10.3 Å². The Morgan fingerprint density at radius 2 is 2.10 bits per heavy atom. The van der Waals surface area contributed by atoms with Crippen molar-refractivity contribution in [2.75, 3.05) is 0 Å². The first-order chi connectivity index (χ1) is 4.50. The summed E-state index contributed by atoms with van der Waals surface area (Å²) in [4.78, 5) is 3.41. The predicted octanol–water partition coefficient (Wildman–Crippen LogP) is 0.748. The molecule has 0 atom stereocenters. The summed E-state index contributed by atoms with van der Waals surface area (Å²) in [6, 6.07) is 0. The Hall–Kier alpha value is -1.00. The van der Waals surface area contributed by atoms with E-state index in [9.17, 15) is 13.2 Å². The lowest BCUT2D eigenvalue weighted by atomic mass is 10.5. The molecule has 1 aliphatic heterocycles. The zero-order chi connectivity index (χ0) is 7.78. The predicted molar refractivity (Wildman–Crippen MR) is 30.1 cm³/mol. The zero-order valence-electron chi connectivity index (χ0n) is 5.16. The lowest BCUT2D eigenvalue weighted by molar-refractivity contribution is -0.0946. The van der Waals surface area contributed by atoms with Crippen LogP contribution in [0.3, 0.4) is 0 Å². The van der Waals surface area contributed by atoms with Gasteiger partial charge in [0, 0.05) is 6.92 Å². The van der Waals surface area contributed by atoms with Crippen molar-refractivity contribution >= 4 is 5.84 Å². The number of alkyl halides is 3. The molecule has 55 valence electrons. The third kappa shape index (κ3) is 1.29. The molecule has 0 aromatic rings. The molecule has 5 heteroatoms. The van der Waals surface area contributed by atoms with Crippen LogP contribution >= 0.6 is 0 Å². The second kappa shape index (κ2) is 2.00. The Labute approximate surface area is 55.4 Å². The number of nitrogens with zero attached hydrogens (tertiary/aromatic N) is 1. The molecule has 0 saturated heterocycles. The zero-order valence-corrected chi connectivity index (χ0v) is 5.16. The van der Waals surface area contributed by atoms with Gasteiger partial charge in [0.25, 0.3) is 11.5 Å². The van der Waals surface area contributed by atoms with Gasteiger partial charge in [-0.05, 0) is 0 Å². The first-order valence-electron chi connectivity index (χ1n) is 2.59. The van der Waals surface area contributed by atoms with E-state index in [1.165, 1.54) is 6.92 Å². The van der Waals surface area contributed by atoms with E-state index in [1.807, 2.05) is 0 Å². The lowest BCUT2D eigenvalue weighted by Gasteiger charge is -2.00. The molecule has 1 N–H and O–H groups in total. The van der Waals surface area contributed by atoms with Crippen LogP contribution in [0.2, 0.25) is 0 Å². The van der Waals surface area contributed by atoms with Gasteiger partial charge in [-0.3, -0.25) is 0 Å². The maximum absolute atomic E-state index is 11.7. The Kier molecular flexibility index (Phi) is 1.42. The van der Waals surface area contributed by atoms with Gasteiger partial charge in [-0.15, -0.1) is 0 Å². The van der Waals surface area contributed by atoms with Crippen molar-refractivity contribution in [3.05, 3.63) is 11.9 Å². The van der Waals surface area contributed by atoms with Gasteiger partial charge in [-0.25, -0.2) is 5.32 Å². The molecule has 0 aromatic carbocycles. The largest absolute Gasteiger partial charge is 0.457 e. The Balaban J connectivity index is 2.66. The number of halogens is 3. The number of hydrogen-bond acceptors (Lipinski definition) is 2. The molecular formula is C5H5F3N2+. The van der Waals surface area contributed by atoms with Gasteiger partial charge in [0.2, 0.25) is 0 Å². The molecule has 1 rings (SSSR count). The van der Waals surface area contributed by atoms with Gasteiger partial charge in [-0.1, -0.05) is 4.99 Å². The third-order valence-corrected chi connectivity index (χ3v) is 1.01. The van der Waals surface area contributed by atoms with Gasteiger partial charge >= 0.3 is 6.18 Å². The van der Waals surface area contributed by atoms with E-state index in [4.69, 9.17) is 0 Å². The van der Waals surface area contributed by atoms with Crippen LogP contribution in [0.5, 0.6) is 0 Å². The van der Waals surface area contributed by atoms with Crippen LogP contribution in [0.15, 0.2) is 11.9 Å². The van der Waals surface area contributed by atoms with E-state index >= 15 is 0 Å². The summed E-state index contributed by atoms with van der Waals surface area (Å²) in [7, 11) is 0. The molecule has 1 radical (unpaired) electrons. The Bertz CT molecular complexity index is 201. The molecule has 1 aliphatic rings. The van der Waals surface area contributed by atoms with Crippen molar-refractivity contribution in [2.24, 2.45) is 0 Å². The van der Waals surface area contributed by atoms with E-state index in [2.05, 4.69) is 10.3 Å². The number of allylic oxidation sites excluding steroid dienone is 1. The highest BCUT2D eigenvalue weighted by Crippen LogP contribution is 2.23. The summed E-state index contributed by atoms with van der Waals surface area (Å²) in [5.74, 6) is 0.271. The van der Waals surface area contributed by atoms with E-state index in [0.717, 1.165) is 6.20 Å². The Morgan fingerprint density at radius 1 is 1.50 bits per heavy atom. The molecule has 2 nitrogen and oxygen atoms in total. The molecule has 0 bridgehead atoms. The van der Waals surface area contributed by atoms with E-state index in [-0.39, 0.29) is 5.84 Å². The fourth-order valence-electron chi connectivity index (χ4n) is 0.565. The first-order valence-corrected chi connectivity index (χ1v) is 2.59. The van der Waals surface area contributed by atoms with Crippen molar-refractivity contribution in [1.29, 1.82) is 0 Å². The highest BCUT2D eigenvalue weighted by Gasteiger charge is 2.41. The highest BCUT2D eigenvalue weighted by molar-refractivity contribution is 5.82. The van der Waals surface area contributed by atoms with E-state index < -0.39 is 11.9 Å². The topological polar surface area (TPSA) is 26.1 Å². The quantitative estimate of drug-likeness (QED) is 0.541. The minimum Gasteiger partial charge on any atom is -0.234 e. The van der Waals surface area contributed by atoms with Crippen LogP contribution < -0.4 is 10.3 Å². The van der Waals surface area contributed by atoms with Crippen LogP contribution in [0.1, 0.15) is 6.92 Å². The SMILES string of the molecule is CC1=[N+]C=C(C(F)(F)F)N1. The number of nitrogens with one attached hydrogen (secondary N) is 1. The molecule has 0 aliphatic carbocycles. The van der Waals surface area contributed by atoms with Crippen LogP contribution in [0.4, 0.5) is 13.2 Å². The normalized spacial score (nSPS) is 18.0. The fraction of sp³-hybridized carbons (Fsp3) is 0.400. The smallest absolute Gasteiger partial charge is 0.234 e. The average Bonchev–Trinajstić information content (AvgIpc) is 2.11. The Morgan fingerprint density at radius 3 is 2.30 bits per heavy atom. The summed E-state index contributed by atoms with van der Waals surface area (Å²) in [5, 5.41) is 2.08. The molecule has 0 saturated carbocycles. The summed E-state index contributed by atoms with van der Waals surface area (Å²) in [6.45, 7) is 1.47. The second-order valence-corrected chi connectivity index (χ2v) is 1.88. The highest BCUT2D eigenvalue weighted by atomic mass is 19.4. The van der Waals surface area contributed by atoms with Crippen molar-refractivity contribution in [3.63, 3.8) is 0 Å². The van der Waals surface area contributed by atoms with Crippen LogP contribution in [0.25, 0.3) is 0 Å². The number of amidine groups is 1. The molecule has 0 unspecified atom stereocenters. The molecule has 10 heavy (non-hydrogen) atoms. The van der Waals surface area contributed by atoms with E-state index in [1.54, 1.807) is 0 Å². The van der Waals surface area contributed by atoms with Crippen molar-refractivity contribution in [2.45, 2.75) is 13.1 Å².